The first kappa shape index (κ1) is 12.9. The molecule has 1 spiro atoms. The van der Waals surface area contributed by atoms with E-state index < -0.39 is 0 Å². The molecule has 2 aromatic heterocycles. The molecule has 116 valence electrons. The molecule has 0 aliphatic carbocycles. The maximum absolute atomic E-state index is 6.40. The highest BCUT2D eigenvalue weighted by atomic mass is 16.5. The van der Waals surface area contributed by atoms with Crippen LogP contribution in [0.2, 0.25) is 0 Å². The van der Waals surface area contributed by atoms with Crippen molar-refractivity contribution in [2.24, 2.45) is 0 Å². The molecule has 0 amide bonds. The fourth-order valence-corrected chi connectivity index (χ4v) is 3.67. The van der Waals surface area contributed by atoms with Crippen LogP contribution in [0.5, 0.6) is 5.75 Å². The summed E-state index contributed by atoms with van der Waals surface area (Å²) in [6, 6.07) is 12.3. The molecule has 0 bridgehead atoms. The number of rotatable bonds is 1. The van der Waals surface area contributed by atoms with Gasteiger partial charge in [0.2, 0.25) is 0 Å². The predicted octanol–water partition coefficient (Wildman–Crippen LogP) is 2.10. The van der Waals surface area contributed by atoms with Crippen LogP contribution >= 0.6 is 0 Å². The van der Waals surface area contributed by atoms with Crippen LogP contribution in [-0.2, 0) is 6.42 Å². The largest absolute Gasteiger partial charge is 0.485 e. The van der Waals surface area contributed by atoms with Crippen LogP contribution in [0.3, 0.4) is 0 Å². The van der Waals surface area contributed by atoms with E-state index in [0.29, 0.717) is 0 Å². The Morgan fingerprint density at radius 2 is 2.04 bits per heavy atom. The number of benzene rings is 1. The fraction of sp³-hybridized carbons (Fsp3) is 0.353. The fourth-order valence-electron chi connectivity index (χ4n) is 3.67. The average molecular weight is 307 g/mol. The van der Waals surface area contributed by atoms with Gasteiger partial charge in [0.15, 0.2) is 5.65 Å². The van der Waals surface area contributed by atoms with E-state index in [1.165, 1.54) is 5.56 Å². The van der Waals surface area contributed by atoms with Gasteiger partial charge in [0.25, 0.3) is 0 Å². The zero-order valence-corrected chi connectivity index (χ0v) is 12.7. The van der Waals surface area contributed by atoms with Crippen LogP contribution in [0, 0.1) is 0 Å². The molecule has 2 aliphatic heterocycles. The molecule has 1 aromatic carbocycles. The molecule has 6 heteroatoms. The van der Waals surface area contributed by atoms with E-state index in [9.17, 15) is 0 Å². The number of para-hydroxylation sites is 1. The van der Waals surface area contributed by atoms with E-state index in [1.54, 1.807) is 10.8 Å². The van der Waals surface area contributed by atoms with Crippen molar-refractivity contribution in [2.45, 2.75) is 24.9 Å². The molecule has 3 aromatic rings. The number of nitrogens with zero attached hydrogens (tertiary/aromatic N) is 5. The lowest BCUT2D eigenvalue weighted by molar-refractivity contribution is 0.0682. The van der Waals surface area contributed by atoms with Gasteiger partial charge in [0.05, 0.1) is 6.54 Å². The minimum Gasteiger partial charge on any atom is -0.485 e. The highest BCUT2D eigenvalue weighted by Gasteiger charge is 2.43. The van der Waals surface area contributed by atoms with Crippen molar-refractivity contribution in [2.75, 3.05) is 18.0 Å². The van der Waals surface area contributed by atoms with Gasteiger partial charge in [0.1, 0.15) is 23.5 Å². The van der Waals surface area contributed by atoms with Gasteiger partial charge >= 0.3 is 0 Å². The molecule has 23 heavy (non-hydrogen) atoms. The van der Waals surface area contributed by atoms with E-state index in [4.69, 9.17) is 4.74 Å². The minimum atomic E-state index is -0.0851. The van der Waals surface area contributed by atoms with Crippen LogP contribution in [0.25, 0.3) is 5.65 Å². The lowest BCUT2D eigenvalue weighted by Gasteiger charge is -2.35. The Morgan fingerprint density at radius 1 is 1.09 bits per heavy atom. The lowest BCUT2D eigenvalue weighted by Crippen LogP contribution is -2.42. The van der Waals surface area contributed by atoms with Gasteiger partial charge in [-0.25, -0.2) is 0 Å². The molecule has 0 N–H and O–H groups in total. The van der Waals surface area contributed by atoms with Crippen molar-refractivity contribution in [1.29, 1.82) is 0 Å². The second kappa shape index (κ2) is 4.68. The van der Waals surface area contributed by atoms with Crippen molar-refractivity contribution in [1.82, 2.24) is 19.8 Å². The monoisotopic (exact) mass is 307 g/mol. The normalized spacial score (nSPS) is 23.2. The second-order valence-corrected chi connectivity index (χ2v) is 6.39. The summed E-state index contributed by atoms with van der Waals surface area (Å²) in [4.78, 5) is 2.30. The highest BCUT2D eigenvalue weighted by Crippen LogP contribution is 2.39. The zero-order chi connectivity index (χ0) is 15.3. The number of aromatic nitrogens is 4. The Labute approximate surface area is 133 Å². The van der Waals surface area contributed by atoms with Crippen LogP contribution in [0.1, 0.15) is 18.4 Å². The quantitative estimate of drug-likeness (QED) is 0.689. The van der Waals surface area contributed by atoms with Crippen molar-refractivity contribution in [3.63, 3.8) is 0 Å². The van der Waals surface area contributed by atoms with E-state index >= 15 is 0 Å². The van der Waals surface area contributed by atoms with E-state index in [2.05, 4.69) is 38.4 Å². The molecular weight excluding hydrogens is 290 g/mol. The Bertz CT molecular complexity index is 876. The number of fused-ring (bicyclic) bond motifs is 2. The average Bonchev–Trinajstić information content (AvgIpc) is 3.21. The number of anilines is 1. The Kier molecular flexibility index (Phi) is 2.62. The zero-order valence-electron chi connectivity index (χ0n) is 12.7. The van der Waals surface area contributed by atoms with E-state index in [0.717, 1.165) is 49.6 Å². The van der Waals surface area contributed by atoms with Crippen molar-refractivity contribution < 1.29 is 4.74 Å². The highest BCUT2D eigenvalue weighted by molar-refractivity contribution is 5.47. The van der Waals surface area contributed by atoms with Crippen LogP contribution in [0.15, 0.2) is 42.7 Å². The SMILES string of the molecule is c1ccc2c(c1)CC[C@]1(CCN(c3ccc4nncn4n3)C1)O2. The molecule has 0 radical (unpaired) electrons. The third-order valence-electron chi connectivity index (χ3n) is 4.94. The standard InChI is InChI=1S/C17H17N5O/c1-2-4-14-13(3-1)7-8-17(23-14)9-10-21(11-17)16-6-5-15-19-18-12-22(15)20-16/h1-6,12H,7-11H2/t17-/m1/s1. The second-order valence-electron chi connectivity index (χ2n) is 6.39. The summed E-state index contributed by atoms with van der Waals surface area (Å²) in [5.41, 5.74) is 2.00. The summed E-state index contributed by atoms with van der Waals surface area (Å²) in [6.07, 6.45) is 4.82. The van der Waals surface area contributed by atoms with Gasteiger partial charge in [-0.3, -0.25) is 0 Å². The predicted molar refractivity (Wildman–Crippen MR) is 85.7 cm³/mol. The topological polar surface area (TPSA) is 55.6 Å². The first-order chi connectivity index (χ1) is 11.3. The van der Waals surface area contributed by atoms with Crippen LogP contribution in [0.4, 0.5) is 5.82 Å². The molecule has 0 unspecified atom stereocenters. The van der Waals surface area contributed by atoms with Gasteiger partial charge < -0.3 is 9.64 Å². The van der Waals surface area contributed by atoms with Crippen LogP contribution < -0.4 is 9.64 Å². The third-order valence-corrected chi connectivity index (χ3v) is 4.94. The summed E-state index contributed by atoms with van der Waals surface area (Å²) >= 11 is 0. The maximum atomic E-state index is 6.40. The van der Waals surface area contributed by atoms with E-state index in [-0.39, 0.29) is 5.60 Å². The summed E-state index contributed by atoms with van der Waals surface area (Å²) in [5.74, 6) is 2.00. The molecule has 2 aliphatic rings. The summed E-state index contributed by atoms with van der Waals surface area (Å²) in [7, 11) is 0. The van der Waals surface area contributed by atoms with Crippen molar-refractivity contribution in [3.05, 3.63) is 48.3 Å². The van der Waals surface area contributed by atoms with Gasteiger partial charge in [-0.1, -0.05) is 18.2 Å². The smallest absolute Gasteiger partial charge is 0.177 e. The van der Waals surface area contributed by atoms with Crippen molar-refractivity contribution in [3.8, 4) is 5.75 Å². The molecule has 6 nitrogen and oxygen atoms in total. The number of ether oxygens (including phenoxy) is 1. The van der Waals surface area contributed by atoms with E-state index in [1.807, 2.05) is 18.2 Å². The molecule has 1 saturated heterocycles. The summed E-state index contributed by atoms with van der Waals surface area (Å²) in [6.45, 7) is 1.84. The van der Waals surface area contributed by atoms with Crippen molar-refractivity contribution >= 4 is 11.5 Å². The summed E-state index contributed by atoms with van der Waals surface area (Å²) < 4.78 is 8.12. The first-order valence-corrected chi connectivity index (χ1v) is 8.00. The number of hydrogen-bond donors (Lipinski definition) is 0. The summed E-state index contributed by atoms with van der Waals surface area (Å²) in [5, 5.41) is 12.5. The first-order valence-electron chi connectivity index (χ1n) is 8.00. The molecule has 0 saturated carbocycles. The molecule has 4 heterocycles. The maximum Gasteiger partial charge on any atom is 0.177 e. The number of hydrogen-bond acceptors (Lipinski definition) is 5. The Morgan fingerprint density at radius 3 is 3.04 bits per heavy atom. The molecular formula is C17H17N5O. The molecule has 5 rings (SSSR count). The molecule has 1 fully saturated rings. The van der Waals surface area contributed by atoms with Gasteiger partial charge in [-0.15, -0.1) is 15.3 Å². The Hall–Kier alpha value is -2.63. The van der Waals surface area contributed by atoms with Gasteiger partial charge in [-0.05, 0) is 36.6 Å². The third kappa shape index (κ3) is 2.05. The molecule has 1 atom stereocenters. The van der Waals surface area contributed by atoms with Gasteiger partial charge in [-0.2, -0.15) is 4.52 Å². The Balaban J connectivity index is 1.42. The number of aryl methyl sites for hydroxylation is 1. The minimum absolute atomic E-state index is 0.0851. The lowest BCUT2D eigenvalue weighted by atomic mass is 9.90. The van der Waals surface area contributed by atoms with Crippen LogP contribution in [-0.4, -0.2) is 38.5 Å². The van der Waals surface area contributed by atoms with Gasteiger partial charge in [0, 0.05) is 13.0 Å².